The molecular weight excluding hydrogens is 232 g/mol. The molecule has 0 amide bonds. The Morgan fingerprint density at radius 1 is 1.33 bits per heavy atom. The van der Waals surface area contributed by atoms with Gasteiger partial charge in [0.2, 0.25) is 0 Å². The second-order valence-corrected chi connectivity index (χ2v) is 3.54. The number of allylic oxidation sites excluding steroid dienone is 1. The third-order valence-electron chi connectivity index (χ3n) is 2.32. The molecule has 0 aliphatic heterocycles. The van der Waals surface area contributed by atoms with Crippen molar-refractivity contribution < 1.29 is 19.4 Å². The summed E-state index contributed by atoms with van der Waals surface area (Å²) in [6.45, 7) is 3.33. The van der Waals surface area contributed by atoms with Crippen molar-refractivity contribution in [1.29, 1.82) is 0 Å². The van der Waals surface area contributed by atoms with Crippen LogP contribution in [0, 0.1) is 0 Å². The van der Waals surface area contributed by atoms with E-state index in [0.717, 1.165) is 17.9 Å². The number of hydrogen-bond acceptors (Lipinski definition) is 3. The van der Waals surface area contributed by atoms with E-state index in [1.807, 2.05) is 18.2 Å². The van der Waals surface area contributed by atoms with Gasteiger partial charge in [0.25, 0.3) is 0 Å². The van der Waals surface area contributed by atoms with Gasteiger partial charge in [-0.2, -0.15) is 0 Å². The molecule has 0 saturated heterocycles. The Hall–Kier alpha value is -2.36. The Bertz CT molecular complexity index is 448. The largest absolute Gasteiger partial charge is 0.478 e. The quantitative estimate of drug-likeness (QED) is 0.476. The summed E-state index contributed by atoms with van der Waals surface area (Å²) in [5, 5.41) is 8.52. The van der Waals surface area contributed by atoms with Crippen LogP contribution < -0.4 is 0 Å². The molecule has 94 valence electrons. The topological polar surface area (TPSA) is 63.6 Å². The maximum atomic E-state index is 11.7. The van der Waals surface area contributed by atoms with Gasteiger partial charge in [-0.25, -0.2) is 4.79 Å². The summed E-state index contributed by atoms with van der Waals surface area (Å²) in [5.41, 5.74) is 0.777. The average Bonchev–Trinajstić information content (AvgIpc) is 2.35. The molecule has 1 N–H and O–H groups in total. The van der Waals surface area contributed by atoms with E-state index in [1.54, 1.807) is 12.1 Å². The Morgan fingerprint density at radius 3 is 2.56 bits per heavy atom. The summed E-state index contributed by atoms with van der Waals surface area (Å²) < 4.78 is 4.76. The third-order valence-corrected chi connectivity index (χ3v) is 2.32. The van der Waals surface area contributed by atoms with Gasteiger partial charge in [0.05, 0.1) is 12.2 Å². The first-order valence-electron chi connectivity index (χ1n) is 5.41. The fourth-order valence-electron chi connectivity index (χ4n) is 1.52. The minimum absolute atomic E-state index is 0.267. The van der Waals surface area contributed by atoms with Gasteiger partial charge in [0.1, 0.15) is 0 Å². The molecule has 0 aliphatic rings. The van der Waals surface area contributed by atoms with Crippen molar-refractivity contribution in [3.63, 3.8) is 0 Å². The first-order chi connectivity index (χ1) is 8.65. The molecule has 0 spiro atoms. The van der Waals surface area contributed by atoms with Crippen LogP contribution >= 0.6 is 0 Å². The van der Waals surface area contributed by atoms with E-state index in [0.29, 0.717) is 0 Å². The van der Waals surface area contributed by atoms with Crippen molar-refractivity contribution in [2.24, 2.45) is 0 Å². The molecule has 0 radical (unpaired) electrons. The van der Waals surface area contributed by atoms with Crippen molar-refractivity contribution in [3.05, 3.63) is 60.9 Å². The minimum Gasteiger partial charge on any atom is -0.478 e. The van der Waals surface area contributed by atoms with Crippen molar-refractivity contribution in [2.75, 3.05) is 0 Å². The van der Waals surface area contributed by atoms with Gasteiger partial charge in [-0.1, -0.05) is 43.0 Å². The van der Waals surface area contributed by atoms with Crippen LogP contribution in [0.3, 0.4) is 0 Å². The van der Waals surface area contributed by atoms with Crippen molar-refractivity contribution >= 4 is 11.9 Å². The lowest BCUT2D eigenvalue weighted by Crippen LogP contribution is -2.13. The molecule has 0 saturated carbocycles. The second kappa shape index (κ2) is 7.06. The van der Waals surface area contributed by atoms with Crippen molar-refractivity contribution in [1.82, 2.24) is 0 Å². The number of ether oxygens (including phenoxy) is 1. The maximum absolute atomic E-state index is 11.7. The van der Waals surface area contributed by atoms with Gasteiger partial charge in [-0.05, 0) is 12.0 Å². The predicted octanol–water partition coefficient (Wildman–Crippen LogP) is 2.49. The number of benzene rings is 1. The molecule has 1 aromatic carbocycles. The number of carboxylic acids is 1. The lowest BCUT2D eigenvalue weighted by atomic mass is 9.95. The Morgan fingerprint density at radius 2 is 2.00 bits per heavy atom. The number of esters is 1. The summed E-state index contributed by atoms with van der Waals surface area (Å²) in [7, 11) is 0. The van der Waals surface area contributed by atoms with Gasteiger partial charge in [-0.3, -0.25) is 4.79 Å². The van der Waals surface area contributed by atoms with E-state index >= 15 is 0 Å². The van der Waals surface area contributed by atoms with E-state index in [9.17, 15) is 9.59 Å². The molecule has 1 atom stereocenters. The highest BCUT2D eigenvalue weighted by atomic mass is 16.5. The second-order valence-electron chi connectivity index (χ2n) is 3.54. The standard InChI is InChI=1S/C14H14O4/c1-2-18-14(17)12(9-6-10-13(15)16)11-7-4-3-5-8-11/h2-8,10,12H,1,9H2,(H,15,16)/b10-6+. The van der Waals surface area contributed by atoms with Crippen molar-refractivity contribution in [2.45, 2.75) is 12.3 Å². The van der Waals surface area contributed by atoms with Crippen LogP contribution in [-0.4, -0.2) is 17.0 Å². The minimum atomic E-state index is -1.04. The first-order valence-corrected chi connectivity index (χ1v) is 5.41. The molecule has 18 heavy (non-hydrogen) atoms. The SMILES string of the molecule is C=COC(=O)C(C/C=C/C(=O)O)c1ccccc1. The van der Waals surface area contributed by atoms with E-state index in [1.165, 1.54) is 6.08 Å². The molecule has 4 heteroatoms. The number of carbonyl (C=O) groups is 2. The number of carboxylic acid groups (broad SMARTS) is 1. The first kappa shape index (κ1) is 13.7. The summed E-state index contributed by atoms with van der Waals surface area (Å²) in [6.07, 6.45) is 3.78. The third kappa shape index (κ3) is 4.25. The normalized spacial score (nSPS) is 12.0. The summed E-state index contributed by atoms with van der Waals surface area (Å²) in [4.78, 5) is 22.1. The Kier molecular flexibility index (Phi) is 5.38. The monoisotopic (exact) mass is 246 g/mol. The summed E-state index contributed by atoms with van der Waals surface area (Å²) in [6, 6.07) is 9.05. The van der Waals surface area contributed by atoms with Crippen LogP contribution in [0.15, 0.2) is 55.3 Å². The number of carbonyl (C=O) groups excluding carboxylic acids is 1. The molecule has 0 aromatic heterocycles. The number of rotatable bonds is 6. The summed E-state index contributed by atoms with van der Waals surface area (Å²) >= 11 is 0. The molecule has 1 unspecified atom stereocenters. The van der Waals surface area contributed by atoms with E-state index in [4.69, 9.17) is 9.84 Å². The number of aliphatic carboxylic acids is 1. The highest BCUT2D eigenvalue weighted by Gasteiger charge is 2.20. The molecule has 4 nitrogen and oxygen atoms in total. The Balaban J connectivity index is 2.85. The van der Waals surface area contributed by atoms with Crippen LogP contribution in [0.1, 0.15) is 17.9 Å². The Labute approximate surface area is 105 Å². The maximum Gasteiger partial charge on any atom is 0.327 e. The summed E-state index contributed by atoms with van der Waals surface area (Å²) in [5.74, 6) is -2.02. The molecule has 0 heterocycles. The molecule has 1 rings (SSSR count). The lowest BCUT2D eigenvalue weighted by molar-refractivity contribution is -0.139. The van der Waals surface area contributed by atoms with Crippen LogP contribution in [0.2, 0.25) is 0 Å². The van der Waals surface area contributed by atoms with E-state index in [2.05, 4.69) is 6.58 Å². The smallest absolute Gasteiger partial charge is 0.327 e. The highest BCUT2D eigenvalue weighted by molar-refractivity contribution is 5.81. The van der Waals surface area contributed by atoms with E-state index in [-0.39, 0.29) is 6.42 Å². The fourth-order valence-corrected chi connectivity index (χ4v) is 1.52. The zero-order chi connectivity index (χ0) is 13.4. The molecular formula is C14H14O4. The van der Waals surface area contributed by atoms with Crippen LogP contribution in [-0.2, 0) is 14.3 Å². The highest BCUT2D eigenvalue weighted by Crippen LogP contribution is 2.21. The van der Waals surface area contributed by atoms with Crippen LogP contribution in [0.25, 0.3) is 0 Å². The van der Waals surface area contributed by atoms with Crippen molar-refractivity contribution in [3.8, 4) is 0 Å². The fraction of sp³-hybridized carbons (Fsp3) is 0.143. The molecule has 0 aliphatic carbocycles. The molecule has 0 bridgehead atoms. The van der Waals surface area contributed by atoms with Gasteiger partial charge in [-0.15, -0.1) is 0 Å². The van der Waals surface area contributed by atoms with Gasteiger partial charge < -0.3 is 9.84 Å². The van der Waals surface area contributed by atoms with Gasteiger partial charge in [0.15, 0.2) is 0 Å². The molecule has 1 aromatic rings. The average molecular weight is 246 g/mol. The van der Waals surface area contributed by atoms with Crippen LogP contribution in [0.4, 0.5) is 0 Å². The van der Waals surface area contributed by atoms with E-state index < -0.39 is 17.9 Å². The number of hydrogen-bond donors (Lipinski definition) is 1. The zero-order valence-corrected chi connectivity index (χ0v) is 9.78. The zero-order valence-electron chi connectivity index (χ0n) is 9.78. The molecule has 0 fully saturated rings. The van der Waals surface area contributed by atoms with Crippen LogP contribution in [0.5, 0.6) is 0 Å². The predicted molar refractivity (Wildman–Crippen MR) is 66.9 cm³/mol. The van der Waals surface area contributed by atoms with Gasteiger partial charge in [0, 0.05) is 6.08 Å². The van der Waals surface area contributed by atoms with Gasteiger partial charge >= 0.3 is 11.9 Å². The lowest BCUT2D eigenvalue weighted by Gasteiger charge is -2.12.